The van der Waals surface area contributed by atoms with Gasteiger partial charge in [0.25, 0.3) is 0 Å². The van der Waals surface area contributed by atoms with Crippen LogP contribution in [-0.2, 0) is 6.54 Å². The van der Waals surface area contributed by atoms with Crippen molar-refractivity contribution in [1.82, 2.24) is 24.4 Å². The minimum atomic E-state index is 0.522. The smallest absolute Gasteiger partial charge is 0.225 e. The molecule has 0 radical (unpaired) electrons. The molecule has 146 valence electrons. The van der Waals surface area contributed by atoms with Crippen LogP contribution in [0, 0.1) is 5.92 Å². The van der Waals surface area contributed by atoms with Crippen molar-refractivity contribution in [3.05, 3.63) is 24.9 Å². The van der Waals surface area contributed by atoms with E-state index < -0.39 is 0 Å². The molecule has 2 saturated heterocycles. The molecule has 6 heteroatoms. The first-order valence-corrected chi connectivity index (χ1v) is 10.5. The number of rotatable bonds is 5. The molecule has 27 heavy (non-hydrogen) atoms. The molecule has 6 nitrogen and oxygen atoms in total. The molecule has 0 aliphatic carbocycles. The van der Waals surface area contributed by atoms with Crippen LogP contribution in [0.15, 0.2) is 24.9 Å². The number of nitrogens with zero attached hydrogens (tertiary/aromatic N) is 6. The Bertz CT molecular complexity index is 711. The van der Waals surface area contributed by atoms with Gasteiger partial charge < -0.3 is 9.47 Å². The van der Waals surface area contributed by atoms with E-state index in [1.807, 2.05) is 24.9 Å². The highest BCUT2D eigenvalue weighted by molar-refractivity contribution is 5.57. The van der Waals surface area contributed by atoms with Gasteiger partial charge in [-0.2, -0.15) is 0 Å². The lowest BCUT2D eigenvalue weighted by atomic mass is 10.00. The molecule has 1 atom stereocenters. The van der Waals surface area contributed by atoms with Gasteiger partial charge in [-0.3, -0.25) is 4.90 Å². The summed E-state index contributed by atoms with van der Waals surface area (Å²) in [6, 6.07) is 0.522. The Balaban J connectivity index is 1.44. The number of hydrogen-bond acceptors (Lipinski definition) is 5. The van der Waals surface area contributed by atoms with Gasteiger partial charge >= 0.3 is 0 Å². The van der Waals surface area contributed by atoms with Crippen molar-refractivity contribution in [1.29, 1.82) is 0 Å². The van der Waals surface area contributed by atoms with Crippen molar-refractivity contribution >= 4 is 5.95 Å². The van der Waals surface area contributed by atoms with Crippen LogP contribution in [0.4, 0.5) is 5.95 Å². The van der Waals surface area contributed by atoms with Gasteiger partial charge in [-0.15, -0.1) is 0 Å². The van der Waals surface area contributed by atoms with Crippen LogP contribution in [0.25, 0.3) is 11.3 Å². The molecule has 0 saturated carbocycles. The summed E-state index contributed by atoms with van der Waals surface area (Å²) in [5.74, 6) is 1.68. The molecule has 0 amide bonds. The average molecular weight is 369 g/mol. The highest BCUT2D eigenvalue weighted by Gasteiger charge is 2.20. The minimum Gasteiger partial charge on any atom is -0.341 e. The summed E-state index contributed by atoms with van der Waals surface area (Å²) < 4.78 is 2.25. The van der Waals surface area contributed by atoms with Crippen molar-refractivity contribution in [2.75, 3.05) is 31.1 Å². The summed E-state index contributed by atoms with van der Waals surface area (Å²) in [5.41, 5.74) is 2.16. The molecule has 0 bridgehead atoms. The number of aromatic nitrogens is 4. The molecule has 2 aliphatic rings. The third-order valence-electron chi connectivity index (χ3n) is 6.19. The van der Waals surface area contributed by atoms with Crippen LogP contribution >= 0.6 is 0 Å². The Labute approximate surface area is 162 Å². The summed E-state index contributed by atoms with van der Waals surface area (Å²) in [7, 11) is 0. The third kappa shape index (κ3) is 4.32. The second-order valence-corrected chi connectivity index (χ2v) is 8.32. The van der Waals surface area contributed by atoms with Gasteiger partial charge in [0.2, 0.25) is 5.95 Å². The van der Waals surface area contributed by atoms with Crippen molar-refractivity contribution in [2.45, 2.75) is 58.5 Å². The van der Waals surface area contributed by atoms with E-state index in [9.17, 15) is 0 Å². The zero-order valence-electron chi connectivity index (χ0n) is 16.7. The summed E-state index contributed by atoms with van der Waals surface area (Å²) >= 11 is 0. The van der Waals surface area contributed by atoms with Crippen molar-refractivity contribution in [2.24, 2.45) is 5.92 Å². The van der Waals surface area contributed by atoms with Gasteiger partial charge in [-0.1, -0.05) is 13.3 Å². The molecule has 0 unspecified atom stereocenters. The summed E-state index contributed by atoms with van der Waals surface area (Å²) in [6.45, 7) is 10.2. The SMILES string of the molecule is CC1CCN(c2ncc(-c3cncn3C[C@H](C)N3CCCCC3)cn2)CC1. The first-order chi connectivity index (χ1) is 13.2. The zero-order chi connectivity index (χ0) is 18.6. The molecule has 4 rings (SSSR count). The fourth-order valence-electron chi connectivity index (χ4n) is 4.29. The topological polar surface area (TPSA) is 50.1 Å². The molecular weight excluding hydrogens is 336 g/mol. The van der Waals surface area contributed by atoms with E-state index in [-0.39, 0.29) is 0 Å². The van der Waals surface area contributed by atoms with Gasteiger partial charge in [0.05, 0.1) is 18.2 Å². The maximum absolute atomic E-state index is 4.66. The predicted octanol–water partition coefficient (Wildman–Crippen LogP) is 3.45. The fraction of sp³-hybridized carbons (Fsp3) is 0.667. The van der Waals surface area contributed by atoms with E-state index in [1.54, 1.807) is 0 Å². The second kappa shape index (κ2) is 8.38. The number of imidazole rings is 1. The molecule has 4 heterocycles. The van der Waals surface area contributed by atoms with E-state index >= 15 is 0 Å². The highest BCUT2D eigenvalue weighted by atomic mass is 15.2. The number of likely N-dealkylation sites (tertiary alicyclic amines) is 1. The van der Waals surface area contributed by atoms with Gasteiger partial charge in [-0.05, 0) is 51.6 Å². The van der Waals surface area contributed by atoms with Crippen LogP contribution < -0.4 is 4.90 Å². The molecule has 2 fully saturated rings. The summed E-state index contributed by atoms with van der Waals surface area (Å²) in [4.78, 5) is 18.6. The Morgan fingerprint density at radius 3 is 2.41 bits per heavy atom. The predicted molar refractivity (Wildman–Crippen MR) is 109 cm³/mol. The number of anilines is 1. The molecule has 0 N–H and O–H groups in total. The minimum absolute atomic E-state index is 0.522. The lowest BCUT2D eigenvalue weighted by molar-refractivity contribution is 0.160. The molecule has 0 spiro atoms. The van der Waals surface area contributed by atoms with Crippen LogP contribution in [0.3, 0.4) is 0 Å². The lowest BCUT2D eigenvalue weighted by Crippen LogP contribution is -2.39. The molecule has 2 aliphatic heterocycles. The van der Waals surface area contributed by atoms with Crippen LogP contribution in [-0.4, -0.2) is 56.6 Å². The van der Waals surface area contributed by atoms with Crippen molar-refractivity contribution < 1.29 is 0 Å². The second-order valence-electron chi connectivity index (χ2n) is 8.32. The van der Waals surface area contributed by atoms with Crippen LogP contribution in [0.5, 0.6) is 0 Å². The Kier molecular flexibility index (Phi) is 5.72. The largest absolute Gasteiger partial charge is 0.341 e. The molecular formula is C21H32N6. The van der Waals surface area contributed by atoms with Crippen molar-refractivity contribution in [3.8, 4) is 11.3 Å². The maximum atomic E-state index is 4.66. The van der Waals surface area contributed by atoms with Crippen LogP contribution in [0.2, 0.25) is 0 Å². The number of hydrogen-bond donors (Lipinski definition) is 0. The number of piperidine rings is 2. The van der Waals surface area contributed by atoms with Gasteiger partial charge in [0, 0.05) is 43.6 Å². The van der Waals surface area contributed by atoms with E-state index in [0.717, 1.165) is 42.8 Å². The molecule has 2 aromatic rings. The Hall–Kier alpha value is -1.95. The first-order valence-electron chi connectivity index (χ1n) is 10.5. The van der Waals surface area contributed by atoms with E-state index in [0.29, 0.717) is 6.04 Å². The van der Waals surface area contributed by atoms with Crippen LogP contribution in [0.1, 0.15) is 46.0 Å². The molecule has 2 aromatic heterocycles. The van der Waals surface area contributed by atoms with E-state index in [2.05, 4.69) is 43.2 Å². The standard InChI is InChI=1S/C21H32N6/c1-17-6-10-26(11-7-17)21-23-12-19(13-24-21)20-14-22-16-27(20)15-18(2)25-8-4-3-5-9-25/h12-14,16-18H,3-11,15H2,1-2H3/t18-/m0/s1. The van der Waals surface area contributed by atoms with E-state index in [4.69, 9.17) is 0 Å². The highest BCUT2D eigenvalue weighted by Crippen LogP contribution is 2.23. The van der Waals surface area contributed by atoms with E-state index in [1.165, 1.54) is 45.2 Å². The fourth-order valence-corrected chi connectivity index (χ4v) is 4.29. The Morgan fingerprint density at radius 1 is 1.00 bits per heavy atom. The van der Waals surface area contributed by atoms with Gasteiger partial charge in [0.15, 0.2) is 0 Å². The maximum Gasteiger partial charge on any atom is 0.225 e. The summed E-state index contributed by atoms with van der Waals surface area (Å²) in [6.07, 6.45) is 14.3. The summed E-state index contributed by atoms with van der Waals surface area (Å²) in [5, 5.41) is 0. The average Bonchev–Trinajstić information content (AvgIpc) is 3.17. The van der Waals surface area contributed by atoms with Crippen molar-refractivity contribution in [3.63, 3.8) is 0 Å². The van der Waals surface area contributed by atoms with Gasteiger partial charge in [0.1, 0.15) is 0 Å². The molecule has 0 aromatic carbocycles. The first kappa shape index (κ1) is 18.4. The van der Waals surface area contributed by atoms with Gasteiger partial charge in [-0.25, -0.2) is 15.0 Å². The normalized spacial score (nSPS) is 20.7. The third-order valence-corrected chi connectivity index (χ3v) is 6.19. The Morgan fingerprint density at radius 2 is 1.70 bits per heavy atom. The lowest BCUT2D eigenvalue weighted by Gasteiger charge is -2.32. The quantitative estimate of drug-likeness (QED) is 0.809. The zero-order valence-corrected chi connectivity index (χ0v) is 16.7. The monoisotopic (exact) mass is 368 g/mol.